The molecule has 4 nitrogen and oxygen atoms in total. The molecule has 0 radical (unpaired) electrons. The number of nitrogens with one attached hydrogen (secondary N) is 1. The Morgan fingerprint density at radius 2 is 2.06 bits per heavy atom. The van der Waals surface area contributed by atoms with Crippen molar-refractivity contribution in [2.75, 3.05) is 19.6 Å². The number of oxazole rings is 1. The lowest BCUT2D eigenvalue weighted by Crippen LogP contribution is -2.42. The van der Waals surface area contributed by atoms with E-state index in [9.17, 15) is 0 Å². The van der Waals surface area contributed by atoms with Crippen molar-refractivity contribution in [3.05, 3.63) is 17.3 Å². The summed E-state index contributed by atoms with van der Waals surface area (Å²) in [7, 11) is 0. The number of nitrogens with zero attached hydrogens (tertiary/aromatic N) is 2. The molecule has 0 amide bonds. The summed E-state index contributed by atoms with van der Waals surface area (Å²) in [4.78, 5) is 6.95. The van der Waals surface area contributed by atoms with Crippen LogP contribution in [0.4, 0.5) is 0 Å². The van der Waals surface area contributed by atoms with Crippen molar-refractivity contribution >= 4 is 0 Å². The normalized spacial score (nSPS) is 17.9. The van der Waals surface area contributed by atoms with Gasteiger partial charge in [-0.3, -0.25) is 4.90 Å². The third kappa shape index (κ3) is 3.07. The third-order valence-corrected chi connectivity index (χ3v) is 3.64. The Hall–Kier alpha value is -0.870. The van der Waals surface area contributed by atoms with Crippen LogP contribution in [0.2, 0.25) is 0 Å². The highest BCUT2D eigenvalue weighted by molar-refractivity contribution is 5.05. The Bertz CT molecular complexity index is 336. The van der Waals surface area contributed by atoms with E-state index in [0.717, 1.165) is 43.5 Å². The first-order chi connectivity index (χ1) is 8.20. The SMILES string of the molecule is CCN(Cc1nc(C)c(C)o1)C1CCNCC1. The molecule has 1 aromatic rings. The first-order valence-electron chi connectivity index (χ1n) is 6.58. The van der Waals surface area contributed by atoms with E-state index in [1.807, 2.05) is 13.8 Å². The van der Waals surface area contributed by atoms with Gasteiger partial charge in [-0.15, -0.1) is 0 Å². The number of rotatable bonds is 4. The van der Waals surface area contributed by atoms with Gasteiger partial charge in [0.05, 0.1) is 12.2 Å². The second-order valence-corrected chi connectivity index (χ2v) is 4.79. The van der Waals surface area contributed by atoms with E-state index in [1.54, 1.807) is 0 Å². The summed E-state index contributed by atoms with van der Waals surface area (Å²) in [5.41, 5.74) is 1.02. The molecule has 0 aromatic carbocycles. The first-order valence-corrected chi connectivity index (χ1v) is 6.58. The molecule has 0 atom stereocenters. The molecule has 1 aliphatic rings. The highest BCUT2D eigenvalue weighted by Gasteiger charge is 2.21. The molecule has 1 N–H and O–H groups in total. The maximum Gasteiger partial charge on any atom is 0.208 e. The molecule has 0 aliphatic carbocycles. The van der Waals surface area contributed by atoms with Crippen molar-refractivity contribution in [2.45, 2.75) is 46.2 Å². The average Bonchev–Trinajstić information content (AvgIpc) is 2.67. The van der Waals surface area contributed by atoms with Gasteiger partial charge in [-0.2, -0.15) is 0 Å². The predicted octanol–water partition coefficient (Wildman–Crippen LogP) is 1.87. The molecule has 17 heavy (non-hydrogen) atoms. The van der Waals surface area contributed by atoms with Gasteiger partial charge in [-0.1, -0.05) is 6.92 Å². The van der Waals surface area contributed by atoms with Crippen LogP contribution in [0.25, 0.3) is 0 Å². The molecule has 4 heteroatoms. The van der Waals surface area contributed by atoms with Crippen LogP contribution in [0.15, 0.2) is 4.42 Å². The predicted molar refractivity (Wildman–Crippen MR) is 68.0 cm³/mol. The first kappa shape index (κ1) is 12.6. The standard InChI is InChI=1S/C13H23N3O/c1-4-16(12-5-7-14-8-6-12)9-13-15-10(2)11(3)17-13/h12,14H,4-9H2,1-3H3. The third-order valence-electron chi connectivity index (χ3n) is 3.64. The molecule has 0 saturated carbocycles. The summed E-state index contributed by atoms with van der Waals surface area (Å²) in [5, 5.41) is 3.41. The summed E-state index contributed by atoms with van der Waals surface area (Å²) >= 11 is 0. The lowest BCUT2D eigenvalue weighted by molar-refractivity contribution is 0.148. The van der Waals surface area contributed by atoms with Crippen LogP contribution < -0.4 is 5.32 Å². The maximum atomic E-state index is 5.67. The minimum absolute atomic E-state index is 0.675. The Balaban J connectivity index is 1.98. The highest BCUT2D eigenvalue weighted by Crippen LogP contribution is 2.16. The van der Waals surface area contributed by atoms with Gasteiger partial charge in [0, 0.05) is 6.04 Å². The number of aryl methyl sites for hydroxylation is 2. The molecule has 1 saturated heterocycles. The lowest BCUT2D eigenvalue weighted by atomic mass is 10.0. The largest absolute Gasteiger partial charge is 0.444 e. The van der Waals surface area contributed by atoms with Crippen LogP contribution in [0.5, 0.6) is 0 Å². The van der Waals surface area contributed by atoms with Crippen molar-refractivity contribution < 1.29 is 4.42 Å². The molecular formula is C13H23N3O. The summed E-state index contributed by atoms with van der Waals surface area (Å²) in [5.74, 6) is 1.81. The van der Waals surface area contributed by atoms with Crippen molar-refractivity contribution in [3.8, 4) is 0 Å². The second kappa shape index (κ2) is 5.65. The van der Waals surface area contributed by atoms with Gasteiger partial charge in [-0.05, 0) is 46.3 Å². The number of piperidine rings is 1. The molecule has 1 aliphatic heterocycles. The lowest BCUT2D eigenvalue weighted by Gasteiger charge is -2.32. The summed E-state index contributed by atoms with van der Waals surface area (Å²) < 4.78 is 5.67. The average molecular weight is 237 g/mol. The van der Waals surface area contributed by atoms with Gasteiger partial charge in [-0.25, -0.2) is 4.98 Å². The zero-order chi connectivity index (χ0) is 12.3. The van der Waals surface area contributed by atoms with Gasteiger partial charge in [0.1, 0.15) is 5.76 Å². The fraction of sp³-hybridized carbons (Fsp3) is 0.769. The van der Waals surface area contributed by atoms with Crippen molar-refractivity contribution in [1.29, 1.82) is 0 Å². The number of hydrogen-bond donors (Lipinski definition) is 1. The van der Waals surface area contributed by atoms with Gasteiger partial charge < -0.3 is 9.73 Å². The molecule has 96 valence electrons. The smallest absolute Gasteiger partial charge is 0.208 e. The second-order valence-electron chi connectivity index (χ2n) is 4.79. The van der Waals surface area contributed by atoms with Gasteiger partial charge in [0.25, 0.3) is 0 Å². The quantitative estimate of drug-likeness (QED) is 0.868. The number of aromatic nitrogens is 1. The molecule has 0 unspecified atom stereocenters. The van der Waals surface area contributed by atoms with Gasteiger partial charge in [0.15, 0.2) is 0 Å². The Morgan fingerprint density at radius 1 is 1.35 bits per heavy atom. The van der Waals surface area contributed by atoms with Crippen LogP contribution in [-0.4, -0.2) is 35.6 Å². The monoisotopic (exact) mass is 237 g/mol. The highest BCUT2D eigenvalue weighted by atomic mass is 16.4. The number of hydrogen-bond acceptors (Lipinski definition) is 4. The molecule has 2 rings (SSSR count). The Labute approximate surface area is 103 Å². The Morgan fingerprint density at radius 3 is 2.59 bits per heavy atom. The van der Waals surface area contributed by atoms with Crippen LogP contribution in [0.3, 0.4) is 0 Å². The van der Waals surface area contributed by atoms with Crippen molar-refractivity contribution in [2.24, 2.45) is 0 Å². The van der Waals surface area contributed by atoms with E-state index in [4.69, 9.17) is 4.42 Å². The van der Waals surface area contributed by atoms with Crippen LogP contribution >= 0.6 is 0 Å². The molecule has 2 heterocycles. The van der Waals surface area contributed by atoms with Gasteiger partial charge >= 0.3 is 0 Å². The minimum Gasteiger partial charge on any atom is -0.444 e. The van der Waals surface area contributed by atoms with E-state index >= 15 is 0 Å². The van der Waals surface area contributed by atoms with Crippen molar-refractivity contribution in [1.82, 2.24) is 15.2 Å². The fourth-order valence-corrected chi connectivity index (χ4v) is 2.45. The fourth-order valence-electron chi connectivity index (χ4n) is 2.45. The molecule has 0 bridgehead atoms. The van der Waals surface area contributed by atoms with E-state index < -0.39 is 0 Å². The molecular weight excluding hydrogens is 214 g/mol. The summed E-state index contributed by atoms with van der Waals surface area (Å²) in [6.07, 6.45) is 2.46. The van der Waals surface area contributed by atoms with Gasteiger partial charge in [0.2, 0.25) is 5.89 Å². The van der Waals surface area contributed by atoms with Crippen LogP contribution in [0.1, 0.15) is 37.1 Å². The summed E-state index contributed by atoms with van der Waals surface area (Å²) in [6, 6.07) is 0.675. The topological polar surface area (TPSA) is 41.3 Å². The van der Waals surface area contributed by atoms with E-state index in [0.29, 0.717) is 6.04 Å². The molecule has 1 fully saturated rings. The van der Waals surface area contributed by atoms with E-state index in [-0.39, 0.29) is 0 Å². The zero-order valence-electron chi connectivity index (χ0n) is 11.1. The zero-order valence-corrected chi connectivity index (χ0v) is 11.1. The van der Waals surface area contributed by atoms with Crippen LogP contribution in [-0.2, 0) is 6.54 Å². The maximum absolute atomic E-state index is 5.67. The summed E-state index contributed by atoms with van der Waals surface area (Å²) in [6.45, 7) is 10.4. The van der Waals surface area contributed by atoms with E-state index in [2.05, 4.69) is 22.1 Å². The Kier molecular flexibility index (Phi) is 4.18. The van der Waals surface area contributed by atoms with E-state index in [1.165, 1.54) is 12.8 Å². The van der Waals surface area contributed by atoms with Crippen molar-refractivity contribution in [3.63, 3.8) is 0 Å². The molecule has 1 aromatic heterocycles. The molecule has 0 spiro atoms. The van der Waals surface area contributed by atoms with Crippen LogP contribution in [0, 0.1) is 13.8 Å². The minimum atomic E-state index is 0.675.